The predicted octanol–water partition coefficient (Wildman–Crippen LogP) is 9.13. The summed E-state index contributed by atoms with van der Waals surface area (Å²) < 4.78 is 0. The van der Waals surface area contributed by atoms with Gasteiger partial charge in [0, 0.05) is 5.56 Å². The van der Waals surface area contributed by atoms with Crippen molar-refractivity contribution in [3.8, 4) is 11.8 Å². The van der Waals surface area contributed by atoms with Crippen LogP contribution in [0.5, 0.6) is 0 Å². The van der Waals surface area contributed by atoms with Crippen LogP contribution < -0.4 is 0 Å². The summed E-state index contributed by atoms with van der Waals surface area (Å²) in [6, 6.07) is 8.76. The first-order chi connectivity index (χ1) is 15.3. The Morgan fingerprint density at radius 2 is 1.32 bits per heavy atom. The van der Waals surface area contributed by atoms with Crippen molar-refractivity contribution < 1.29 is 0 Å². The molecule has 0 heteroatoms. The molecule has 0 bridgehead atoms. The van der Waals surface area contributed by atoms with E-state index in [1.54, 1.807) is 0 Å². The van der Waals surface area contributed by atoms with Crippen molar-refractivity contribution in [1.29, 1.82) is 0 Å². The molecule has 0 unspecified atom stereocenters. The van der Waals surface area contributed by atoms with Crippen molar-refractivity contribution in [1.82, 2.24) is 0 Å². The Morgan fingerprint density at radius 3 is 1.90 bits per heavy atom. The normalized spacial score (nSPS) is 26.5. The van der Waals surface area contributed by atoms with Crippen LogP contribution in [-0.2, 0) is 6.42 Å². The minimum absolute atomic E-state index is 0.756. The van der Waals surface area contributed by atoms with Crippen molar-refractivity contribution in [2.75, 3.05) is 0 Å². The second-order valence-electron chi connectivity index (χ2n) is 10.5. The zero-order chi connectivity index (χ0) is 21.7. The molecule has 0 aliphatic heterocycles. The van der Waals surface area contributed by atoms with Gasteiger partial charge < -0.3 is 0 Å². The van der Waals surface area contributed by atoms with Gasteiger partial charge in [0.1, 0.15) is 0 Å². The van der Waals surface area contributed by atoms with Gasteiger partial charge in [0.05, 0.1) is 0 Å². The maximum absolute atomic E-state index is 3.30. The summed E-state index contributed by atoms with van der Waals surface area (Å²) in [4.78, 5) is 0. The van der Waals surface area contributed by atoms with Gasteiger partial charge in [-0.05, 0) is 79.5 Å². The summed E-state index contributed by atoms with van der Waals surface area (Å²) >= 11 is 0. The van der Waals surface area contributed by atoms with E-state index in [2.05, 4.69) is 62.1 Å². The maximum Gasteiger partial charge on any atom is 0.0249 e. The van der Waals surface area contributed by atoms with Gasteiger partial charge >= 0.3 is 0 Å². The van der Waals surface area contributed by atoms with Gasteiger partial charge in [-0.2, -0.15) is 0 Å². The molecule has 2 aliphatic rings. The standard InChI is InChI=1S/C31H46/c1-3-5-9-27-16-20-30(21-17-27)24-25-31-22-18-29(19-23-31)11-7-6-10-28-14-12-26(8-4-2)13-15-28/h7,11-15,27,29-31H,3-5,8-9,16-25H2,1-2H3/b11-7+/t27-,29?,30-,31?. The number of benzene rings is 1. The third-order valence-electron chi connectivity index (χ3n) is 7.97. The van der Waals surface area contributed by atoms with E-state index in [4.69, 9.17) is 0 Å². The van der Waals surface area contributed by atoms with Crippen LogP contribution in [0.1, 0.15) is 115 Å². The van der Waals surface area contributed by atoms with Crippen molar-refractivity contribution >= 4 is 0 Å². The van der Waals surface area contributed by atoms with Crippen LogP contribution in [0.15, 0.2) is 36.4 Å². The van der Waals surface area contributed by atoms with Crippen molar-refractivity contribution in [2.24, 2.45) is 23.7 Å². The first kappa shape index (κ1) is 24.2. The number of rotatable bonds is 9. The number of allylic oxidation sites excluding steroid dienone is 2. The molecule has 2 aliphatic carbocycles. The Bertz CT molecular complexity index is 682. The van der Waals surface area contributed by atoms with Gasteiger partial charge in [0.25, 0.3) is 0 Å². The number of unbranched alkanes of at least 4 members (excludes halogenated alkanes) is 1. The summed E-state index contributed by atoms with van der Waals surface area (Å²) in [5.74, 6) is 10.4. The average molecular weight is 419 g/mol. The molecule has 0 atom stereocenters. The molecule has 2 saturated carbocycles. The highest BCUT2D eigenvalue weighted by molar-refractivity contribution is 5.38. The molecule has 2 fully saturated rings. The van der Waals surface area contributed by atoms with Crippen molar-refractivity contribution in [3.63, 3.8) is 0 Å². The highest BCUT2D eigenvalue weighted by Crippen LogP contribution is 2.37. The average Bonchev–Trinajstić information content (AvgIpc) is 2.82. The highest BCUT2D eigenvalue weighted by atomic mass is 14.3. The molecule has 0 heterocycles. The van der Waals surface area contributed by atoms with E-state index in [1.807, 2.05) is 0 Å². The lowest BCUT2D eigenvalue weighted by atomic mass is 9.75. The predicted molar refractivity (Wildman–Crippen MR) is 136 cm³/mol. The quantitative estimate of drug-likeness (QED) is 0.351. The van der Waals surface area contributed by atoms with Gasteiger partial charge in [-0.25, -0.2) is 0 Å². The fraction of sp³-hybridized carbons (Fsp3) is 0.677. The van der Waals surface area contributed by atoms with Crippen LogP contribution in [0.25, 0.3) is 0 Å². The van der Waals surface area contributed by atoms with Gasteiger partial charge in [0.2, 0.25) is 0 Å². The van der Waals surface area contributed by atoms with Gasteiger partial charge in [-0.1, -0.05) is 108 Å². The van der Waals surface area contributed by atoms with E-state index in [9.17, 15) is 0 Å². The lowest BCUT2D eigenvalue weighted by Gasteiger charge is -2.31. The summed E-state index contributed by atoms with van der Waals surface area (Å²) in [6.45, 7) is 4.56. The Kier molecular flexibility index (Phi) is 10.8. The Morgan fingerprint density at radius 1 is 0.742 bits per heavy atom. The van der Waals surface area contributed by atoms with Crippen LogP contribution >= 0.6 is 0 Å². The van der Waals surface area contributed by atoms with E-state index >= 15 is 0 Å². The number of hydrogen-bond donors (Lipinski definition) is 0. The third kappa shape index (κ3) is 8.88. The molecule has 1 aromatic rings. The fourth-order valence-electron chi connectivity index (χ4n) is 5.80. The molecule has 0 nitrogen and oxygen atoms in total. The molecule has 170 valence electrons. The minimum Gasteiger partial charge on any atom is -0.0730 e. The molecule has 0 saturated heterocycles. The summed E-state index contributed by atoms with van der Waals surface area (Å²) in [7, 11) is 0. The zero-order valence-corrected chi connectivity index (χ0v) is 20.4. The molecule has 31 heavy (non-hydrogen) atoms. The Labute approximate surface area is 193 Å². The fourth-order valence-corrected chi connectivity index (χ4v) is 5.80. The monoisotopic (exact) mass is 418 g/mol. The number of aryl methyl sites for hydroxylation is 1. The van der Waals surface area contributed by atoms with Crippen molar-refractivity contribution in [2.45, 2.75) is 110 Å². The van der Waals surface area contributed by atoms with Crippen LogP contribution in [0.3, 0.4) is 0 Å². The molecule has 1 aromatic carbocycles. The Hall–Kier alpha value is -1.48. The Balaban J connectivity index is 1.29. The van der Waals surface area contributed by atoms with E-state index in [0.29, 0.717) is 0 Å². The van der Waals surface area contributed by atoms with Crippen LogP contribution in [0.2, 0.25) is 0 Å². The first-order valence-electron chi connectivity index (χ1n) is 13.5. The lowest BCUT2D eigenvalue weighted by Crippen LogP contribution is -2.17. The summed E-state index contributed by atoms with van der Waals surface area (Å²) in [5.41, 5.74) is 2.55. The smallest absolute Gasteiger partial charge is 0.0249 e. The third-order valence-corrected chi connectivity index (χ3v) is 7.97. The SMILES string of the molecule is CCCC[C@H]1CC[C@H](CCC2CCC(/C=C/C#Cc3ccc(CCC)cc3)CC2)CC1. The second-order valence-corrected chi connectivity index (χ2v) is 10.5. The van der Waals surface area contributed by atoms with Gasteiger partial charge in [0.15, 0.2) is 0 Å². The van der Waals surface area contributed by atoms with Gasteiger partial charge in [-0.15, -0.1) is 0 Å². The van der Waals surface area contributed by atoms with Crippen molar-refractivity contribution in [3.05, 3.63) is 47.5 Å². The van der Waals surface area contributed by atoms with Gasteiger partial charge in [-0.3, -0.25) is 0 Å². The second kappa shape index (κ2) is 13.8. The molecule has 0 aromatic heterocycles. The van der Waals surface area contributed by atoms with Crippen LogP contribution in [-0.4, -0.2) is 0 Å². The van der Waals surface area contributed by atoms with E-state index in [-0.39, 0.29) is 0 Å². The molecule has 3 rings (SSSR count). The lowest BCUT2D eigenvalue weighted by molar-refractivity contribution is 0.220. The molecule has 0 radical (unpaired) electrons. The number of hydrogen-bond acceptors (Lipinski definition) is 0. The van der Waals surface area contributed by atoms with E-state index < -0.39 is 0 Å². The maximum atomic E-state index is 3.30. The molecule has 0 amide bonds. The van der Waals surface area contributed by atoms with E-state index in [0.717, 1.165) is 35.7 Å². The van der Waals surface area contributed by atoms with Crippen LogP contribution in [0.4, 0.5) is 0 Å². The highest BCUT2D eigenvalue weighted by Gasteiger charge is 2.23. The van der Waals surface area contributed by atoms with E-state index in [1.165, 1.54) is 95.5 Å². The topological polar surface area (TPSA) is 0 Å². The molecular weight excluding hydrogens is 372 g/mol. The largest absolute Gasteiger partial charge is 0.0730 e. The molecule has 0 spiro atoms. The summed E-state index contributed by atoms with van der Waals surface area (Å²) in [6.07, 6.45) is 25.9. The first-order valence-corrected chi connectivity index (χ1v) is 13.5. The minimum atomic E-state index is 0.756. The summed E-state index contributed by atoms with van der Waals surface area (Å²) in [5, 5.41) is 0. The van der Waals surface area contributed by atoms with Crippen LogP contribution in [0, 0.1) is 35.5 Å². The molecular formula is C31H46. The zero-order valence-electron chi connectivity index (χ0n) is 20.4. The molecule has 0 N–H and O–H groups in total.